The number of likely N-dealkylation sites (N-methyl/N-ethyl adjacent to an activating group) is 1. The molecule has 0 aliphatic carbocycles. The highest BCUT2D eigenvalue weighted by Gasteiger charge is 2.06. The van der Waals surface area contributed by atoms with Crippen LogP contribution in [0.15, 0.2) is 46.9 Å². The van der Waals surface area contributed by atoms with Gasteiger partial charge in [-0.1, -0.05) is 31.2 Å². The average Bonchev–Trinajstić information content (AvgIpc) is 2.49. The van der Waals surface area contributed by atoms with Gasteiger partial charge >= 0.3 is 0 Å². The molecule has 0 radical (unpaired) electrons. The molecule has 2 rings (SSSR count). The zero-order chi connectivity index (χ0) is 15.1. The maximum absolute atomic E-state index is 13.2. The van der Waals surface area contributed by atoms with Gasteiger partial charge in [-0.25, -0.2) is 4.39 Å². The summed E-state index contributed by atoms with van der Waals surface area (Å²) in [6.07, 6.45) is 0.956. The number of hydrogen-bond donors (Lipinski definition) is 1. The molecule has 2 aromatic rings. The van der Waals surface area contributed by atoms with Gasteiger partial charge in [0.05, 0.1) is 4.47 Å². The Bertz CT molecular complexity index is 589. The minimum Gasteiger partial charge on any atom is -0.488 e. The lowest BCUT2D eigenvalue weighted by Gasteiger charge is -2.12. The first-order valence-corrected chi connectivity index (χ1v) is 7.85. The first kappa shape index (κ1) is 16.0. The van der Waals surface area contributed by atoms with Crippen LogP contribution in [0.25, 0.3) is 0 Å². The van der Waals surface area contributed by atoms with E-state index in [1.807, 2.05) is 12.1 Å². The van der Waals surface area contributed by atoms with Crippen molar-refractivity contribution in [1.82, 2.24) is 5.32 Å². The van der Waals surface area contributed by atoms with E-state index in [0.717, 1.165) is 29.5 Å². The Labute approximate surface area is 133 Å². The molecule has 0 heterocycles. The first-order chi connectivity index (χ1) is 10.2. The summed E-state index contributed by atoms with van der Waals surface area (Å²) in [4.78, 5) is 0. The minimum atomic E-state index is -0.298. The monoisotopic (exact) mass is 351 g/mol. The van der Waals surface area contributed by atoms with Crippen LogP contribution in [-0.2, 0) is 13.0 Å². The molecule has 0 unspecified atom stereocenters. The van der Waals surface area contributed by atoms with Crippen molar-refractivity contribution in [2.24, 2.45) is 0 Å². The highest BCUT2D eigenvalue weighted by atomic mass is 79.9. The third kappa shape index (κ3) is 4.83. The molecule has 0 aliphatic rings. The van der Waals surface area contributed by atoms with Gasteiger partial charge in [0.2, 0.25) is 0 Å². The van der Waals surface area contributed by atoms with Crippen LogP contribution in [0.3, 0.4) is 0 Å². The van der Waals surface area contributed by atoms with Crippen molar-refractivity contribution in [1.29, 1.82) is 0 Å². The number of halogens is 2. The van der Waals surface area contributed by atoms with Crippen molar-refractivity contribution >= 4 is 15.9 Å². The molecular formula is C17H19BrFNO. The van der Waals surface area contributed by atoms with Gasteiger partial charge < -0.3 is 10.1 Å². The Kier molecular flexibility index (Phi) is 6.21. The van der Waals surface area contributed by atoms with E-state index >= 15 is 0 Å². The van der Waals surface area contributed by atoms with Gasteiger partial charge in [0, 0.05) is 6.07 Å². The summed E-state index contributed by atoms with van der Waals surface area (Å²) in [6, 6.07) is 12.6. The maximum atomic E-state index is 13.2. The molecule has 2 nitrogen and oxygen atoms in total. The van der Waals surface area contributed by atoms with Crippen LogP contribution in [0.5, 0.6) is 5.75 Å². The number of hydrogen-bond acceptors (Lipinski definition) is 2. The fraction of sp³-hybridized carbons (Fsp3) is 0.294. The molecule has 0 fully saturated rings. The van der Waals surface area contributed by atoms with Crippen LogP contribution in [0.1, 0.15) is 18.1 Å². The Balaban J connectivity index is 2.04. The number of rotatable bonds is 7. The summed E-state index contributed by atoms with van der Waals surface area (Å²) in [6.45, 7) is 4.44. The number of nitrogens with one attached hydrogen (secondary N) is 1. The van der Waals surface area contributed by atoms with Crippen molar-refractivity contribution < 1.29 is 9.13 Å². The maximum Gasteiger partial charge on any atom is 0.136 e. The number of benzene rings is 2. The van der Waals surface area contributed by atoms with Crippen LogP contribution < -0.4 is 10.1 Å². The molecule has 112 valence electrons. The lowest BCUT2D eigenvalue weighted by molar-refractivity contribution is 0.301. The summed E-state index contributed by atoms with van der Waals surface area (Å²) in [7, 11) is 0. The van der Waals surface area contributed by atoms with E-state index in [1.54, 1.807) is 6.07 Å². The lowest BCUT2D eigenvalue weighted by atomic mass is 10.1. The SMILES string of the molecule is CCNCCc1ccccc1COc1cc(F)ccc1Br. The molecule has 0 atom stereocenters. The third-order valence-electron chi connectivity index (χ3n) is 3.22. The van der Waals surface area contributed by atoms with Gasteiger partial charge in [-0.05, 0) is 58.7 Å². The van der Waals surface area contributed by atoms with Crippen LogP contribution >= 0.6 is 15.9 Å². The van der Waals surface area contributed by atoms with Gasteiger partial charge in [-0.15, -0.1) is 0 Å². The second-order valence-electron chi connectivity index (χ2n) is 4.74. The predicted molar refractivity (Wildman–Crippen MR) is 87.1 cm³/mol. The molecule has 0 saturated heterocycles. The van der Waals surface area contributed by atoms with Crippen LogP contribution in [0.2, 0.25) is 0 Å². The molecule has 2 aromatic carbocycles. The first-order valence-electron chi connectivity index (χ1n) is 7.06. The fourth-order valence-electron chi connectivity index (χ4n) is 2.09. The second kappa shape index (κ2) is 8.15. The molecule has 0 aromatic heterocycles. The summed E-state index contributed by atoms with van der Waals surface area (Å²) in [5.74, 6) is 0.227. The fourth-order valence-corrected chi connectivity index (χ4v) is 2.45. The van der Waals surface area contributed by atoms with E-state index in [0.29, 0.717) is 12.4 Å². The zero-order valence-electron chi connectivity index (χ0n) is 12.0. The summed E-state index contributed by atoms with van der Waals surface area (Å²) >= 11 is 3.37. The van der Waals surface area contributed by atoms with Gasteiger partial charge in [0.25, 0.3) is 0 Å². The Morgan fingerprint density at radius 3 is 2.67 bits per heavy atom. The summed E-state index contributed by atoms with van der Waals surface area (Å²) in [5, 5.41) is 3.32. The quantitative estimate of drug-likeness (QED) is 0.750. The minimum absolute atomic E-state index is 0.298. The Hall–Kier alpha value is -1.39. The second-order valence-corrected chi connectivity index (χ2v) is 5.59. The molecule has 0 amide bonds. The molecular weight excluding hydrogens is 333 g/mol. The van der Waals surface area contributed by atoms with Gasteiger partial charge in [0.15, 0.2) is 0 Å². The van der Waals surface area contributed by atoms with E-state index in [4.69, 9.17) is 4.74 Å². The van der Waals surface area contributed by atoms with Crippen molar-refractivity contribution in [3.63, 3.8) is 0 Å². The standard InChI is InChI=1S/C17H19BrFNO/c1-2-20-10-9-13-5-3-4-6-14(13)12-21-17-11-15(19)7-8-16(17)18/h3-8,11,20H,2,9-10,12H2,1H3. The largest absolute Gasteiger partial charge is 0.488 e. The van der Waals surface area contributed by atoms with Gasteiger partial charge in [-0.3, -0.25) is 0 Å². The zero-order valence-corrected chi connectivity index (χ0v) is 13.6. The highest BCUT2D eigenvalue weighted by molar-refractivity contribution is 9.10. The lowest BCUT2D eigenvalue weighted by Crippen LogP contribution is -2.17. The molecule has 0 spiro atoms. The average molecular weight is 352 g/mol. The topological polar surface area (TPSA) is 21.3 Å². The molecule has 0 bridgehead atoms. The summed E-state index contributed by atoms with van der Waals surface area (Å²) < 4.78 is 19.8. The predicted octanol–water partition coefficient (Wildman–Crippen LogP) is 4.32. The summed E-state index contributed by atoms with van der Waals surface area (Å²) in [5.41, 5.74) is 2.39. The molecule has 1 N–H and O–H groups in total. The van der Waals surface area contributed by atoms with E-state index < -0.39 is 0 Å². The van der Waals surface area contributed by atoms with Crippen molar-refractivity contribution in [2.75, 3.05) is 13.1 Å². The van der Waals surface area contributed by atoms with E-state index in [9.17, 15) is 4.39 Å². The van der Waals surface area contributed by atoms with Crippen molar-refractivity contribution in [3.8, 4) is 5.75 Å². The van der Waals surface area contributed by atoms with E-state index in [-0.39, 0.29) is 5.82 Å². The smallest absolute Gasteiger partial charge is 0.136 e. The molecule has 0 aliphatic heterocycles. The number of ether oxygens (including phenoxy) is 1. The molecule has 4 heteroatoms. The van der Waals surface area contributed by atoms with Crippen molar-refractivity contribution in [3.05, 3.63) is 63.9 Å². The third-order valence-corrected chi connectivity index (χ3v) is 3.87. The van der Waals surface area contributed by atoms with Gasteiger partial charge in [-0.2, -0.15) is 0 Å². The normalized spacial score (nSPS) is 10.6. The molecule has 21 heavy (non-hydrogen) atoms. The highest BCUT2D eigenvalue weighted by Crippen LogP contribution is 2.26. The van der Waals surface area contributed by atoms with Gasteiger partial charge in [0.1, 0.15) is 18.2 Å². The Morgan fingerprint density at radius 1 is 1.14 bits per heavy atom. The van der Waals surface area contributed by atoms with E-state index in [1.165, 1.54) is 17.7 Å². The van der Waals surface area contributed by atoms with E-state index in [2.05, 4.69) is 40.3 Å². The molecule has 0 saturated carbocycles. The van der Waals surface area contributed by atoms with Crippen molar-refractivity contribution in [2.45, 2.75) is 20.0 Å². The van der Waals surface area contributed by atoms with Crippen LogP contribution in [0.4, 0.5) is 4.39 Å². The van der Waals surface area contributed by atoms with Crippen LogP contribution in [0, 0.1) is 5.82 Å². The Morgan fingerprint density at radius 2 is 1.90 bits per heavy atom. The van der Waals surface area contributed by atoms with Crippen LogP contribution in [-0.4, -0.2) is 13.1 Å².